The van der Waals surface area contributed by atoms with E-state index in [4.69, 9.17) is 14.0 Å². The van der Waals surface area contributed by atoms with Crippen molar-refractivity contribution in [2.24, 2.45) is 5.92 Å². The van der Waals surface area contributed by atoms with Crippen molar-refractivity contribution >= 4 is 25.9 Å². The molecule has 1 saturated heterocycles. The van der Waals surface area contributed by atoms with Crippen LogP contribution in [-0.2, 0) is 9.31 Å². The zero-order chi connectivity index (χ0) is 25.5. The molecule has 0 aromatic heterocycles. The molecule has 0 N–H and O–H groups in total. The van der Waals surface area contributed by atoms with Gasteiger partial charge in [0.05, 0.1) is 11.2 Å². The fraction of sp³-hybridized carbons (Fsp3) is 0.517. The lowest BCUT2D eigenvalue weighted by atomic mass is 9.72. The van der Waals surface area contributed by atoms with Crippen LogP contribution in [0.2, 0.25) is 13.1 Å². The highest BCUT2D eigenvalue weighted by Gasteiger charge is 2.54. The average Bonchev–Trinajstić information content (AvgIpc) is 2.91. The fourth-order valence-corrected chi connectivity index (χ4v) is 8.56. The van der Waals surface area contributed by atoms with Gasteiger partial charge in [0.1, 0.15) is 19.4 Å². The van der Waals surface area contributed by atoms with E-state index in [9.17, 15) is 0 Å². The third-order valence-corrected chi connectivity index (χ3v) is 11.1. The van der Waals surface area contributed by atoms with E-state index >= 15 is 0 Å². The van der Waals surface area contributed by atoms with E-state index in [1.54, 1.807) is 0 Å². The van der Waals surface area contributed by atoms with E-state index in [0.717, 1.165) is 16.8 Å². The standard InChI is InChI=1S/C29H43BO3Si/c1-21(2)26(34(10,11)24-18-13-12-14-19-24)25(30-32-28(6,7)29(8,9)33-30)22-16-15-17-23(20-22)31-27(3,4)5/h12-21H,1-11H3/b26-25+. The molecule has 0 spiro atoms. The normalized spacial score (nSPS) is 18.8. The van der Waals surface area contributed by atoms with Gasteiger partial charge in [-0.25, -0.2) is 0 Å². The van der Waals surface area contributed by atoms with Gasteiger partial charge in [-0.2, -0.15) is 0 Å². The van der Waals surface area contributed by atoms with Crippen LogP contribution in [0.5, 0.6) is 5.75 Å². The van der Waals surface area contributed by atoms with Crippen LogP contribution < -0.4 is 9.92 Å². The second-order valence-corrected chi connectivity index (χ2v) is 16.7. The predicted molar refractivity (Wildman–Crippen MR) is 148 cm³/mol. The number of ether oxygens (including phenoxy) is 1. The highest BCUT2D eigenvalue weighted by Crippen LogP contribution is 2.44. The van der Waals surface area contributed by atoms with Crippen LogP contribution in [0.15, 0.2) is 59.8 Å². The van der Waals surface area contributed by atoms with Gasteiger partial charge < -0.3 is 14.0 Å². The molecule has 5 heteroatoms. The Morgan fingerprint density at radius 1 is 0.882 bits per heavy atom. The van der Waals surface area contributed by atoms with Crippen LogP contribution in [0.1, 0.15) is 67.9 Å². The van der Waals surface area contributed by atoms with Crippen LogP contribution in [0.4, 0.5) is 0 Å². The van der Waals surface area contributed by atoms with Gasteiger partial charge in [-0.15, -0.1) is 0 Å². The maximum absolute atomic E-state index is 6.68. The van der Waals surface area contributed by atoms with E-state index < -0.39 is 26.4 Å². The second kappa shape index (κ2) is 9.33. The van der Waals surface area contributed by atoms with E-state index in [0.29, 0.717) is 5.92 Å². The molecule has 2 aromatic carbocycles. The molecule has 1 heterocycles. The summed E-state index contributed by atoms with van der Waals surface area (Å²) in [6.07, 6.45) is 0. The predicted octanol–water partition coefficient (Wildman–Crippen LogP) is 7.06. The molecule has 1 aliphatic rings. The molecule has 1 fully saturated rings. The number of allylic oxidation sites excluding steroid dienone is 1. The first-order valence-corrected chi connectivity index (χ1v) is 15.5. The zero-order valence-electron chi connectivity index (χ0n) is 23.1. The first kappa shape index (κ1) is 26.8. The topological polar surface area (TPSA) is 27.7 Å². The van der Waals surface area contributed by atoms with Crippen molar-refractivity contribution in [1.29, 1.82) is 0 Å². The number of rotatable bonds is 6. The molecule has 0 bridgehead atoms. The first-order valence-electron chi connectivity index (χ1n) is 12.5. The van der Waals surface area contributed by atoms with Gasteiger partial charge in [0, 0.05) is 0 Å². The van der Waals surface area contributed by atoms with Crippen molar-refractivity contribution in [1.82, 2.24) is 0 Å². The van der Waals surface area contributed by atoms with Crippen LogP contribution in [0, 0.1) is 5.92 Å². The zero-order valence-corrected chi connectivity index (χ0v) is 24.1. The monoisotopic (exact) mass is 478 g/mol. The Morgan fingerprint density at radius 3 is 1.94 bits per heavy atom. The van der Waals surface area contributed by atoms with Gasteiger partial charge >= 0.3 is 7.12 Å². The van der Waals surface area contributed by atoms with Gasteiger partial charge in [-0.05, 0) is 77.6 Å². The molecule has 0 atom stereocenters. The molecular weight excluding hydrogens is 435 g/mol. The summed E-state index contributed by atoms with van der Waals surface area (Å²) in [4.78, 5) is 0. The Hall–Kier alpha value is -1.82. The molecule has 1 aliphatic heterocycles. The van der Waals surface area contributed by atoms with E-state index in [1.165, 1.54) is 10.4 Å². The largest absolute Gasteiger partial charge is 0.495 e. The minimum absolute atomic E-state index is 0.272. The number of benzene rings is 2. The third kappa shape index (κ3) is 5.53. The molecule has 0 radical (unpaired) electrons. The van der Waals surface area contributed by atoms with Crippen molar-refractivity contribution in [2.75, 3.05) is 0 Å². The Kier molecular flexibility index (Phi) is 7.35. The number of hydrogen-bond acceptors (Lipinski definition) is 3. The van der Waals surface area contributed by atoms with Crippen molar-refractivity contribution in [3.63, 3.8) is 0 Å². The summed E-state index contributed by atoms with van der Waals surface area (Å²) >= 11 is 0. The highest BCUT2D eigenvalue weighted by molar-refractivity contribution is 6.98. The van der Waals surface area contributed by atoms with Crippen molar-refractivity contribution in [2.45, 2.75) is 92.2 Å². The summed E-state index contributed by atoms with van der Waals surface area (Å²) in [5.74, 6) is 1.20. The van der Waals surface area contributed by atoms with E-state index in [2.05, 4.69) is 124 Å². The first-order chi connectivity index (χ1) is 15.6. The lowest BCUT2D eigenvalue weighted by molar-refractivity contribution is 0.00578. The van der Waals surface area contributed by atoms with Gasteiger partial charge in [0.15, 0.2) is 0 Å². The Morgan fingerprint density at radius 2 is 1.44 bits per heavy atom. The Balaban J connectivity index is 2.29. The van der Waals surface area contributed by atoms with Crippen molar-refractivity contribution in [3.05, 3.63) is 65.4 Å². The fourth-order valence-electron chi connectivity index (χ4n) is 4.84. The molecule has 3 rings (SSSR count). The van der Waals surface area contributed by atoms with Crippen LogP contribution >= 0.6 is 0 Å². The lowest BCUT2D eigenvalue weighted by Gasteiger charge is -2.34. The summed E-state index contributed by atoms with van der Waals surface area (Å²) in [7, 11) is -2.51. The van der Waals surface area contributed by atoms with Crippen LogP contribution in [0.25, 0.3) is 5.47 Å². The maximum Gasteiger partial charge on any atom is 0.495 e. The summed E-state index contributed by atoms with van der Waals surface area (Å²) in [6, 6.07) is 19.4. The smallest absolute Gasteiger partial charge is 0.488 e. The van der Waals surface area contributed by atoms with Gasteiger partial charge in [0.25, 0.3) is 0 Å². The average molecular weight is 479 g/mol. The summed E-state index contributed by atoms with van der Waals surface area (Å²) in [6.45, 7) is 24.2. The van der Waals surface area contributed by atoms with Crippen molar-refractivity contribution in [3.8, 4) is 5.75 Å². The quantitative estimate of drug-likeness (QED) is 0.416. The Bertz CT molecular complexity index is 1020. The number of hydrogen-bond donors (Lipinski definition) is 0. The molecule has 184 valence electrons. The molecule has 0 aliphatic carbocycles. The van der Waals surface area contributed by atoms with Crippen LogP contribution in [0.3, 0.4) is 0 Å². The summed E-state index contributed by atoms with van der Waals surface area (Å²) < 4.78 is 19.6. The molecule has 34 heavy (non-hydrogen) atoms. The molecule has 3 nitrogen and oxygen atoms in total. The van der Waals surface area contributed by atoms with E-state index in [1.807, 2.05) is 6.07 Å². The molecular formula is C29H43BO3Si. The molecule has 2 aromatic rings. The van der Waals surface area contributed by atoms with Gasteiger partial charge in [-0.1, -0.05) is 79.8 Å². The summed E-state index contributed by atoms with van der Waals surface area (Å²) in [5.41, 5.74) is 1.17. The minimum atomic E-state index is -2.06. The van der Waals surface area contributed by atoms with Gasteiger partial charge in [-0.3, -0.25) is 0 Å². The SMILES string of the molecule is CC(C)/C(=C(\B1OC(C)(C)C(C)(C)O1)c1cccc(OC(C)(C)C)c1)[Si](C)(C)c1ccccc1. The Labute approximate surface area is 209 Å². The lowest BCUT2D eigenvalue weighted by Crippen LogP contribution is -2.47. The molecule has 0 unspecified atom stereocenters. The molecule has 0 saturated carbocycles. The summed E-state index contributed by atoms with van der Waals surface area (Å²) in [5, 5.41) is 2.86. The van der Waals surface area contributed by atoms with Crippen molar-refractivity contribution < 1.29 is 14.0 Å². The van der Waals surface area contributed by atoms with Gasteiger partial charge in [0.2, 0.25) is 0 Å². The van der Waals surface area contributed by atoms with Crippen LogP contribution in [-0.4, -0.2) is 32.0 Å². The van der Waals surface area contributed by atoms with E-state index in [-0.39, 0.29) is 5.60 Å². The third-order valence-electron chi connectivity index (χ3n) is 7.09. The minimum Gasteiger partial charge on any atom is -0.488 e. The highest BCUT2D eigenvalue weighted by atomic mass is 28.3. The molecule has 0 amide bonds. The second-order valence-electron chi connectivity index (χ2n) is 12.3. The maximum atomic E-state index is 6.68.